The van der Waals surface area contributed by atoms with Gasteiger partial charge in [0, 0.05) is 18.6 Å². The number of thioether (sulfide) groups is 1. The number of esters is 1. The van der Waals surface area contributed by atoms with Crippen molar-refractivity contribution in [1.82, 2.24) is 0 Å². The van der Waals surface area contributed by atoms with Crippen LogP contribution in [-0.2, 0) is 9.53 Å². The van der Waals surface area contributed by atoms with Crippen molar-refractivity contribution >= 4 is 17.7 Å². The molecule has 0 saturated carbocycles. The molecule has 5 heteroatoms. The summed E-state index contributed by atoms with van der Waals surface area (Å²) in [6, 6.07) is 0. The van der Waals surface area contributed by atoms with Crippen LogP contribution in [0.1, 0.15) is 39.0 Å². The van der Waals surface area contributed by atoms with Crippen molar-refractivity contribution < 1.29 is 18.3 Å². The third-order valence-corrected chi connectivity index (χ3v) is 3.02. The van der Waals surface area contributed by atoms with Gasteiger partial charge in [-0.05, 0) is 18.6 Å². The number of hydrogen-bond acceptors (Lipinski definition) is 3. The summed E-state index contributed by atoms with van der Waals surface area (Å²) in [7, 11) is 0. The van der Waals surface area contributed by atoms with Crippen LogP contribution in [0.2, 0.25) is 0 Å². The number of halogens is 2. The van der Waals surface area contributed by atoms with Crippen molar-refractivity contribution in [2.45, 2.75) is 45.5 Å². The third kappa shape index (κ3) is 11.8. The fourth-order valence-electron chi connectivity index (χ4n) is 1.10. The molecule has 2 nitrogen and oxygen atoms in total. The summed E-state index contributed by atoms with van der Waals surface area (Å²) in [5.41, 5.74) is 0. The van der Waals surface area contributed by atoms with Crippen LogP contribution in [0.3, 0.4) is 0 Å². The third-order valence-electron chi connectivity index (χ3n) is 1.99. The van der Waals surface area contributed by atoms with E-state index in [0.29, 0.717) is 19.4 Å². The first-order valence-corrected chi connectivity index (χ1v) is 6.83. The van der Waals surface area contributed by atoms with E-state index >= 15 is 0 Å². The van der Waals surface area contributed by atoms with Crippen molar-refractivity contribution in [3.63, 3.8) is 0 Å². The van der Waals surface area contributed by atoms with Gasteiger partial charge in [0.15, 0.2) is 0 Å². The number of hydrogen-bond donors (Lipinski definition) is 0. The van der Waals surface area contributed by atoms with Gasteiger partial charge in [-0.15, -0.1) is 0 Å². The fourth-order valence-corrected chi connectivity index (χ4v) is 1.91. The Morgan fingerprint density at radius 2 is 2.00 bits per heavy atom. The van der Waals surface area contributed by atoms with Gasteiger partial charge in [-0.1, -0.05) is 13.3 Å². The highest BCUT2D eigenvalue weighted by atomic mass is 32.2. The molecule has 0 aromatic rings. The van der Waals surface area contributed by atoms with Crippen LogP contribution < -0.4 is 0 Å². The Kier molecular flexibility index (Phi) is 11.0. The number of unbranched alkanes of at least 4 members (excludes halogenated alkanes) is 2. The first-order valence-electron chi connectivity index (χ1n) is 5.68. The highest BCUT2D eigenvalue weighted by molar-refractivity contribution is 7.99. The van der Waals surface area contributed by atoms with E-state index in [9.17, 15) is 13.6 Å². The Morgan fingerprint density at radius 3 is 2.62 bits per heavy atom. The largest absolute Gasteiger partial charge is 0.465 e. The first kappa shape index (κ1) is 15.7. The summed E-state index contributed by atoms with van der Waals surface area (Å²) >= 11 is 1.70. The molecule has 96 valence electrons. The van der Waals surface area contributed by atoms with E-state index in [0.717, 1.165) is 24.3 Å². The maximum absolute atomic E-state index is 11.8. The van der Waals surface area contributed by atoms with Gasteiger partial charge in [-0.2, -0.15) is 11.8 Å². The molecule has 0 amide bonds. The summed E-state index contributed by atoms with van der Waals surface area (Å²) < 4.78 is 28.4. The molecule has 0 heterocycles. The molecule has 0 rings (SSSR count). The monoisotopic (exact) mass is 254 g/mol. The van der Waals surface area contributed by atoms with E-state index in [2.05, 4.69) is 0 Å². The van der Waals surface area contributed by atoms with Crippen LogP contribution in [0.25, 0.3) is 0 Å². The molecule has 0 fully saturated rings. The van der Waals surface area contributed by atoms with Crippen molar-refractivity contribution in [3.05, 3.63) is 0 Å². The summed E-state index contributed by atoms with van der Waals surface area (Å²) in [5, 5.41) is 0. The molecule has 0 atom stereocenters. The molecular formula is C11H20F2O2S. The van der Waals surface area contributed by atoms with Gasteiger partial charge < -0.3 is 4.74 Å². The molecule has 0 bridgehead atoms. The average molecular weight is 254 g/mol. The summed E-state index contributed by atoms with van der Waals surface area (Å²) in [6.07, 6.45) is 0.673. The second-order valence-electron chi connectivity index (χ2n) is 3.43. The van der Waals surface area contributed by atoms with Gasteiger partial charge in [0.05, 0.1) is 0 Å². The number of alkyl halides is 2. The van der Waals surface area contributed by atoms with Crippen molar-refractivity contribution in [2.24, 2.45) is 0 Å². The van der Waals surface area contributed by atoms with Gasteiger partial charge in [0.1, 0.15) is 6.61 Å². The molecular weight excluding hydrogens is 234 g/mol. The van der Waals surface area contributed by atoms with E-state index < -0.39 is 6.43 Å². The molecule has 0 unspecified atom stereocenters. The lowest BCUT2D eigenvalue weighted by molar-refractivity contribution is -0.142. The Bertz CT molecular complexity index is 177. The zero-order valence-electron chi connectivity index (χ0n) is 9.71. The normalized spacial score (nSPS) is 10.8. The molecule has 0 N–H and O–H groups in total. The minimum atomic E-state index is -2.17. The summed E-state index contributed by atoms with van der Waals surface area (Å²) in [4.78, 5) is 10.7. The van der Waals surface area contributed by atoms with E-state index in [1.165, 1.54) is 0 Å². The molecule has 0 aromatic carbocycles. The number of rotatable bonds is 10. The second kappa shape index (κ2) is 11.2. The van der Waals surface area contributed by atoms with Crippen LogP contribution in [0.5, 0.6) is 0 Å². The van der Waals surface area contributed by atoms with Crippen LogP contribution in [-0.4, -0.2) is 30.5 Å². The lowest BCUT2D eigenvalue weighted by atomic mass is 10.2. The molecule has 0 radical (unpaired) electrons. The van der Waals surface area contributed by atoms with E-state index in [-0.39, 0.29) is 12.4 Å². The van der Waals surface area contributed by atoms with Crippen molar-refractivity contribution in [3.8, 4) is 0 Å². The standard InChI is InChI=1S/C11H20F2O2S/c1-2-11(14)15-7-9-16-8-5-3-4-6-10(12)13/h10H,2-9H2,1H3. The zero-order valence-corrected chi connectivity index (χ0v) is 10.5. The molecule has 0 spiro atoms. The predicted molar refractivity (Wildman–Crippen MR) is 63.0 cm³/mol. The van der Waals surface area contributed by atoms with Crippen LogP contribution in [0.15, 0.2) is 0 Å². The van der Waals surface area contributed by atoms with E-state index in [1.54, 1.807) is 18.7 Å². The topological polar surface area (TPSA) is 26.3 Å². The minimum absolute atomic E-state index is 0.0127. The maximum Gasteiger partial charge on any atom is 0.305 e. The van der Waals surface area contributed by atoms with Crippen LogP contribution >= 0.6 is 11.8 Å². The van der Waals surface area contributed by atoms with Gasteiger partial charge in [-0.3, -0.25) is 4.79 Å². The molecule has 16 heavy (non-hydrogen) atoms. The van der Waals surface area contributed by atoms with E-state index in [1.807, 2.05) is 0 Å². The van der Waals surface area contributed by atoms with Gasteiger partial charge in [0.2, 0.25) is 6.43 Å². The molecule has 0 aliphatic rings. The van der Waals surface area contributed by atoms with Crippen molar-refractivity contribution in [1.29, 1.82) is 0 Å². The Hall–Kier alpha value is -0.320. The number of carbonyl (C=O) groups excluding carboxylic acids is 1. The number of carbonyl (C=O) groups is 1. The van der Waals surface area contributed by atoms with Crippen molar-refractivity contribution in [2.75, 3.05) is 18.1 Å². The van der Waals surface area contributed by atoms with E-state index in [4.69, 9.17) is 4.74 Å². The maximum atomic E-state index is 11.8. The summed E-state index contributed by atoms with van der Waals surface area (Å²) in [5.74, 6) is 1.57. The molecule has 0 aliphatic heterocycles. The first-order chi connectivity index (χ1) is 7.66. The lowest BCUT2D eigenvalue weighted by Crippen LogP contribution is -2.05. The van der Waals surface area contributed by atoms with Crippen LogP contribution in [0.4, 0.5) is 8.78 Å². The summed E-state index contributed by atoms with van der Waals surface area (Å²) in [6.45, 7) is 2.22. The average Bonchev–Trinajstić information content (AvgIpc) is 2.26. The second-order valence-corrected chi connectivity index (χ2v) is 4.65. The van der Waals surface area contributed by atoms with Gasteiger partial charge >= 0.3 is 5.97 Å². The molecule has 0 saturated heterocycles. The fraction of sp³-hybridized carbons (Fsp3) is 0.909. The molecule has 0 aliphatic carbocycles. The van der Waals surface area contributed by atoms with Gasteiger partial charge in [0.25, 0.3) is 0 Å². The predicted octanol–water partition coefficient (Wildman–Crippen LogP) is 3.50. The Morgan fingerprint density at radius 1 is 1.25 bits per heavy atom. The zero-order chi connectivity index (χ0) is 12.2. The smallest absolute Gasteiger partial charge is 0.305 e. The van der Waals surface area contributed by atoms with Gasteiger partial charge in [-0.25, -0.2) is 8.78 Å². The van der Waals surface area contributed by atoms with Crippen LogP contribution in [0, 0.1) is 0 Å². The number of ether oxygens (including phenoxy) is 1. The highest BCUT2D eigenvalue weighted by Gasteiger charge is 2.01. The quantitative estimate of drug-likeness (QED) is 0.441. The highest BCUT2D eigenvalue weighted by Crippen LogP contribution is 2.10. The Labute approximate surface area is 100 Å². The Balaban J connectivity index is 3.01. The molecule has 0 aromatic heterocycles. The SMILES string of the molecule is CCC(=O)OCCSCCCCCC(F)F. The lowest BCUT2D eigenvalue weighted by Gasteiger charge is -2.03. The minimum Gasteiger partial charge on any atom is -0.465 e.